The van der Waals surface area contributed by atoms with Crippen molar-refractivity contribution in [2.45, 2.75) is 51.9 Å². The molecule has 0 aromatic heterocycles. The average molecular weight is 405 g/mol. The maximum absolute atomic E-state index is 12.8. The van der Waals surface area contributed by atoms with Gasteiger partial charge in [0.1, 0.15) is 0 Å². The van der Waals surface area contributed by atoms with Crippen LogP contribution in [0.25, 0.3) is 0 Å². The van der Waals surface area contributed by atoms with E-state index in [1.54, 1.807) is 0 Å². The molecule has 0 N–H and O–H groups in total. The lowest BCUT2D eigenvalue weighted by Crippen LogP contribution is -2.32. The number of carbonyl (C=O) groups excluding carboxylic acids is 2. The molecule has 2 aromatic carbocycles. The Bertz CT molecular complexity index is 907. The second-order valence-electron chi connectivity index (χ2n) is 8.49. The Labute approximate surface area is 179 Å². The summed E-state index contributed by atoms with van der Waals surface area (Å²) >= 11 is 0. The van der Waals surface area contributed by atoms with Crippen molar-refractivity contribution in [3.05, 3.63) is 64.7 Å². The number of rotatable bonds is 10. The summed E-state index contributed by atoms with van der Waals surface area (Å²) in [7, 11) is 0. The fourth-order valence-corrected chi connectivity index (χ4v) is 4.74. The van der Waals surface area contributed by atoms with E-state index in [2.05, 4.69) is 42.2 Å². The van der Waals surface area contributed by atoms with E-state index >= 15 is 0 Å². The van der Waals surface area contributed by atoms with Crippen LogP contribution in [0.4, 0.5) is 5.69 Å². The van der Waals surface area contributed by atoms with Gasteiger partial charge in [-0.1, -0.05) is 37.3 Å². The molecule has 0 bridgehead atoms. The van der Waals surface area contributed by atoms with E-state index in [0.29, 0.717) is 12.8 Å². The molecule has 2 aliphatic rings. The largest absolute Gasteiger partial charge is 0.312 e. The third-order valence-electron chi connectivity index (χ3n) is 6.51. The van der Waals surface area contributed by atoms with Gasteiger partial charge < -0.3 is 9.80 Å². The van der Waals surface area contributed by atoms with E-state index in [0.717, 1.165) is 69.5 Å². The van der Waals surface area contributed by atoms with Crippen LogP contribution >= 0.6 is 0 Å². The van der Waals surface area contributed by atoms with Crippen LogP contribution in [-0.2, 0) is 24.1 Å². The minimum absolute atomic E-state index is 0.230. The lowest BCUT2D eigenvalue weighted by atomic mass is 9.94. The Morgan fingerprint density at radius 2 is 1.77 bits per heavy atom. The molecule has 30 heavy (non-hydrogen) atoms. The van der Waals surface area contributed by atoms with E-state index in [9.17, 15) is 9.59 Å². The number of benzene rings is 2. The Kier molecular flexibility index (Phi) is 6.63. The molecule has 4 rings (SSSR count). The molecule has 2 heterocycles. The number of hydrogen-bond donors (Lipinski definition) is 0. The second-order valence-corrected chi connectivity index (χ2v) is 8.49. The number of anilines is 1. The van der Waals surface area contributed by atoms with Gasteiger partial charge >= 0.3 is 0 Å². The van der Waals surface area contributed by atoms with Crippen LogP contribution in [-0.4, -0.2) is 42.8 Å². The first-order chi connectivity index (χ1) is 14.7. The molecule has 2 aliphatic heterocycles. The number of ketones is 1. The van der Waals surface area contributed by atoms with Crippen LogP contribution in [0.2, 0.25) is 0 Å². The van der Waals surface area contributed by atoms with E-state index in [-0.39, 0.29) is 11.7 Å². The van der Waals surface area contributed by atoms with Crippen LogP contribution in [0.5, 0.6) is 0 Å². The number of unbranched alkanes of at least 4 members (excludes halogenated alkanes) is 1. The topological polar surface area (TPSA) is 40.6 Å². The first kappa shape index (κ1) is 20.8. The summed E-state index contributed by atoms with van der Waals surface area (Å²) in [5.74, 6) is 0.477. The zero-order chi connectivity index (χ0) is 20.9. The van der Waals surface area contributed by atoms with Gasteiger partial charge in [-0.15, -0.1) is 0 Å². The van der Waals surface area contributed by atoms with Gasteiger partial charge in [0.15, 0.2) is 5.78 Å². The number of carbonyl (C=O) groups is 2. The van der Waals surface area contributed by atoms with Gasteiger partial charge in [-0.25, -0.2) is 0 Å². The van der Waals surface area contributed by atoms with Crippen molar-refractivity contribution in [3.8, 4) is 0 Å². The molecule has 0 saturated carbocycles. The smallest absolute Gasteiger partial charge is 0.227 e. The van der Waals surface area contributed by atoms with Gasteiger partial charge in [0.25, 0.3) is 0 Å². The van der Waals surface area contributed by atoms with Gasteiger partial charge in [-0.05, 0) is 74.0 Å². The molecular formula is C26H32N2O2. The molecule has 0 atom stereocenters. The third-order valence-corrected chi connectivity index (χ3v) is 6.51. The van der Waals surface area contributed by atoms with E-state index in [1.165, 1.54) is 16.7 Å². The first-order valence-electron chi connectivity index (χ1n) is 11.4. The zero-order valence-electron chi connectivity index (χ0n) is 18.0. The van der Waals surface area contributed by atoms with Crippen LogP contribution in [0, 0.1) is 0 Å². The maximum atomic E-state index is 12.8. The van der Waals surface area contributed by atoms with Gasteiger partial charge in [-0.2, -0.15) is 0 Å². The average Bonchev–Trinajstić information content (AvgIpc) is 3.21. The highest BCUT2D eigenvalue weighted by atomic mass is 16.2. The van der Waals surface area contributed by atoms with E-state index in [1.807, 2.05) is 17.0 Å². The number of aryl methyl sites for hydroxylation is 1. The number of nitrogens with zero attached hydrogens (tertiary/aromatic N) is 2. The summed E-state index contributed by atoms with van der Waals surface area (Å²) in [5, 5.41) is 0. The summed E-state index contributed by atoms with van der Waals surface area (Å²) in [6.07, 6.45) is 5.88. The molecule has 0 radical (unpaired) electrons. The Hall–Kier alpha value is -2.46. The van der Waals surface area contributed by atoms with Gasteiger partial charge in [0.05, 0.1) is 5.69 Å². The predicted octanol–water partition coefficient (Wildman–Crippen LogP) is 4.44. The zero-order valence-corrected chi connectivity index (χ0v) is 18.0. The Morgan fingerprint density at radius 3 is 2.53 bits per heavy atom. The summed E-state index contributed by atoms with van der Waals surface area (Å²) < 4.78 is 0. The van der Waals surface area contributed by atoms with E-state index in [4.69, 9.17) is 0 Å². The predicted molar refractivity (Wildman–Crippen MR) is 121 cm³/mol. The van der Waals surface area contributed by atoms with Gasteiger partial charge in [0.2, 0.25) is 5.91 Å². The molecular weight excluding hydrogens is 372 g/mol. The van der Waals surface area contributed by atoms with Crippen molar-refractivity contribution in [3.63, 3.8) is 0 Å². The summed E-state index contributed by atoms with van der Waals surface area (Å²) in [4.78, 5) is 29.3. The van der Waals surface area contributed by atoms with Crippen molar-refractivity contribution in [2.75, 3.05) is 31.1 Å². The quantitative estimate of drug-likeness (QED) is 0.434. The highest BCUT2D eigenvalue weighted by molar-refractivity contribution is 6.02. The van der Waals surface area contributed by atoms with Crippen LogP contribution in [0.1, 0.15) is 59.7 Å². The number of hydrogen-bond acceptors (Lipinski definition) is 3. The Morgan fingerprint density at radius 1 is 1.00 bits per heavy atom. The van der Waals surface area contributed by atoms with Crippen molar-refractivity contribution in [1.29, 1.82) is 0 Å². The molecule has 0 fully saturated rings. The SMILES string of the molecule is CCN(CCCCC(=O)c1cc2c3c(c1)CCN3C(=O)CC2)CCc1ccccc1. The lowest BCUT2D eigenvalue weighted by Gasteiger charge is -2.25. The number of amides is 1. The molecule has 158 valence electrons. The lowest BCUT2D eigenvalue weighted by molar-refractivity contribution is -0.118. The molecule has 1 amide bonds. The minimum atomic E-state index is 0.230. The third kappa shape index (κ3) is 4.65. The monoisotopic (exact) mass is 404 g/mol. The molecule has 2 aromatic rings. The molecule has 4 nitrogen and oxygen atoms in total. The number of likely N-dealkylation sites (N-methyl/N-ethyl adjacent to an activating group) is 1. The second kappa shape index (κ2) is 9.57. The van der Waals surface area contributed by atoms with Crippen LogP contribution < -0.4 is 4.90 Å². The molecule has 0 aliphatic carbocycles. The van der Waals surface area contributed by atoms with Crippen LogP contribution in [0.15, 0.2) is 42.5 Å². The van der Waals surface area contributed by atoms with Crippen LogP contribution in [0.3, 0.4) is 0 Å². The van der Waals surface area contributed by atoms with Gasteiger partial charge in [-0.3, -0.25) is 9.59 Å². The van der Waals surface area contributed by atoms with Crippen molar-refractivity contribution in [1.82, 2.24) is 4.90 Å². The van der Waals surface area contributed by atoms with Crippen molar-refractivity contribution < 1.29 is 9.59 Å². The summed E-state index contributed by atoms with van der Waals surface area (Å²) in [6.45, 7) is 6.14. The standard InChI is InChI=1S/C26H32N2O2/c1-2-27(16-13-20-8-4-3-5-9-20)15-7-6-10-24(29)23-18-21-11-12-25(30)28-17-14-22(19-23)26(21)28/h3-5,8-9,18-19H,2,6-7,10-17H2,1H3. The highest BCUT2D eigenvalue weighted by Gasteiger charge is 2.31. The maximum Gasteiger partial charge on any atom is 0.227 e. The van der Waals surface area contributed by atoms with Gasteiger partial charge in [0, 0.05) is 31.5 Å². The normalized spacial score (nSPS) is 15.0. The number of Topliss-reactive ketones (excluding diaryl/α,β-unsaturated/α-hetero) is 1. The molecule has 0 saturated heterocycles. The molecule has 4 heteroatoms. The molecule has 0 unspecified atom stereocenters. The van der Waals surface area contributed by atoms with E-state index < -0.39 is 0 Å². The van der Waals surface area contributed by atoms with Crippen molar-refractivity contribution in [2.24, 2.45) is 0 Å². The Balaban J connectivity index is 1.26. The molecule has 0 spiro atoms. The highest BCUT2D eigenvalue weighted by Crippen LogP contribution is 2.37. The first-order valence-corrected chi connectivity index (χ1v) is 11.4. The van der Waals surface area contributed by atoms with Crippen molar-refractivity contribution >= 4 is 17.4 Å². The summed E-state index contributed by atoms with van der Waals surface area (Å²) in [5.41, 5.74) is 5.69. The fourth-order valence-electron chi connectivity index (χ4n) is 4.74. The fraction of sp³-hybridized carbons (Fsp3) is 0.462. The summed E-state index contributed by atoms with van der Waals surface area (Å²) in [6, 6.07) is 14.7. The minimum Gasteiger partial charge on any atom is -0.312 e.